The number of benzene rings is 1. The number of furan rings is 1. The minimum atomic E-state index is -0.280. The molecule has 0 aliphatic carbocycles. The second kappa shape index (κ2) is 7.36. The largest absolute Gasteiger partial charge is 0.456 e. The van der Waals surface area contributed by atoms with E-state index in [1.165, 1.54) is 0 Å². The average Bonchev–Trinajstić information content (AvgIpc) is 3.47. The molecule has 1 atom stereocenters. The number of methoxy groups -OCH3 is 1. The molecule has 4 heterocycles. The fourth-order valence-corrected chi connectivity index (χ4v) is 4.02. The van der Waals surface area contributed by atoms with Gasteiger partial charge >= 0.3 is 0 Å². The molecular weight excluding hydrogens is 422 g/mol. The topological polar surface area (TPSA) is 101 Å². The van der Waals surface area contributed by atoms with Crippen molar-refractivity contribution in [2.75, 3.05) is 13.7 Å². The van der Waals surface area contributed by atoms with Crippen molar-refractivity contribution in [2.45, 2.75) is 19.9 Å². The second-order valence-electron chi connectivity index (χ2n) is 7.23. The Hall–Kier alpha value is -3.43. The van der Waals surface area contributed by atoms with Crippen LogP contribution in [-0.4, -0.2) is 37.8 Å². The molecule has 1 aromatic carbocycles. The van der Waals surface area contributed by atoms with Crippen molar-refractivity contribution in [1.29, 1.82) is 0 Å². The molecule has 0 spiro atoms. The molecule has 10 heteroatoms. The van der Waals surface area contributed by atoms with Gasteiger partial charge in [0.25, 0.3) is 11.4 Å². The van der Waals surface area contributed by atoms with Crippen molar-refractivity contribution in [2.24, 2.45) is 0 Å². The first-order valence-corrected chi connectivity index (χ1v) is 9.97. The molecule has 5 rings (SSSR count). The summed E-state index contributed by atoms with van der Waals surface area (Å²) >= 11 is 6.49. The highest BCUT2D eigenvalue weighted by Crippen LogP contribution is 2.29. The molecule has 31 heavy (non-hydrogen) atoms. The van der Waals surface area contributed by atoms with Crippen LogP contribution in [0.2, 0.25) is 5.02 Å². The highest BCUT2D eigenvalue weighted by atomic mass is 35.5. The third-order valence-electron chi connectivity index (χ3n) is 5.09. The summed E-state index contributed by atoms with van der Waals surface area (Å²) in [6.45, 7) is 4.06. The standard InChI is InChI=1S/C21H18ClN5O4/c1-11(9-29-3)27-17-13(22)5-4-6-14(17)26-10-23-16(18(26)21(27)28)19-24-20(31-25-19)15-8-7-12(2)30-15/h4-8,10-11H,9H2,1-3H3. The van der Waals surface area contributed by atoms with Crippen LogP contribution >= 0.6 is 11.6 Å². The molecule has 9 nitrogen and oxygen atoms in total. The summed E-state index contributed by atoms with van der Waals surface area (Å²) in [5.41, 5.74) is 1.69. The fourth-order valence-electron chi connectivity index (χ4n) is 3.76. The Bertz CT molecular complexity index is 1480. The monoisotopic (exact) mass is 439 g/mol. The Labute approximate surface area is 180 Å². The van der Waals surface area contributed by atoms with Gasteiger partial charge in [-0.05, 0) is 38.1 Å². The lowest BCUT2D eigenvalue weighted by molar-refractivity contribution is 0.162. The average molecular weight is 440 g/mol. The van der Waals surface area contributed by atoms with Gasteiger partial charge < -0.3 is 13.7 Å². The second-order valence-corrected chi connectivity index (χ2v) is 7.64. The number of fused-ring (bicyclic) bond motifs is 3. The molecular formula is C21H18ClN5O4. The van der Waals surface area contributed by atoms with Gasteiger partial charge in [0, 0.05) is 7.11 Å². The number of hydrogen-bond donors (Lipinski definition) is 0. The number of ether oxygens (including phenoxy) is 1. The van der Waals surface area contributed by atoms with Gasteiger partial charge in [-0.15, -0.1) is 0 Å². The maximum absolute atomic E-state index is 13.6. The Kier molecular flexibility index (Phi) is 4.64. The summed E-state index contributed by atoms with van der Waals surface area (Å²) in [7, 11) is 1.59. The lowest BCUT2D eigenvalue weighted by Gasteiger charge is -2.19. The number of imidazole rings is 1. The summed E-state index contributed by atoms with van der Waals surface area (Å²) < 4.78 is 19.5. The molecule has 0 saturated heterocycles. The number of para-hydroxylation sites is 1. The summed E-state index contributed by atoms with van der Waals surface area (Å²) in [4.78, 5) is 22.4. The van der Waals surface area contributed by atoms with Crippen LogP contribution in [0.1, 0.15) is 18.7 Å². The number of aromatic nitrogens is 5. The van der Waals surface area contributed by atoms with Gasteiger partial charge in [0.2, 0.25) is 5.82 Å². The Morgan fingerprint density at radius 1 is 1.23 bits per heavy atom. The minimum Gasteiger partial charge on any atom is -0.456 e. The summed E-state index contributed by atoms with van der Waals surface area (Å²) in [6, 6.07) is 8.73. The van der Waals surface area contributed by atoms with Crippen molar-refractivity contribution < 1.29 is 13.7 Å². The van der Waals surface area contributed by atoms with Crippen LogP contribution in [0.25, 0.3) is 39.7 Å². The van der Waals surface area contributed by atoms with Crippen LogP contribution in [0, 0.1) is 6.92 Å². The first kappa shape index (κ1) is 19.5. The number of rotatable bonds is 5. The summed E-state index contributed by atoms with van der Waals surface area (Å²) in [6.07, 6.45) is 1.56. The van der Waals surface area contributed by atoms with E-state index in [1.54, 1.807) is 40.6 Å². The predicted octanol–water partition coefficient (Wildman–Crippen LogP) is 4.13. The highest BCUT2D eigenvalue weighted by molar-refractivity contribution is 6.35. The van der Waals surface area contributed by atoms with Crippen LogP contribution in [0.3, 0.4) is 0 Å². The van der Waals surface area contributed by atoms with E-state index in [0.717, 1.165) is 11.3 Å². The Morgan fingerprint density at radius 3 is 2.81 bits per heavy atom. The summed E-state index contributed by atoms with van der Waals surface area (Å²) in [5.74, 6) is 1.57. The van der Waals surface area contributed by atoms with E-state index in [2.05, 4.69) is 15.1 Å². The van der Waals surface area contributed by atoms with Crippen molar-refractivity contribution in [3.8, 4) is 23.2 Å². The van der Waals surface area contributed by atoms with Crippen molar-refractivity contribution in [3.63, 3.8) is 0 Å². The molecule has 0 amide bonds. The number of nitrogens with zero attached hydrogens (tertiary/aromatic N) is 5. The summed E-state index contributed by atoms with van der Waals surface area (Å²) in [5, 5.41) is 4.49. The Morgan fingerprint density at radius 2 is 2.06 bits per heavy atom. The molecule has 4 aromatic heterocycles. The van der Waals surface area contributed by atoms with Gasteiger partial charge in [-0.3, -0.25) is 13.8 Å². The zero-order valence-electron chi connectivity index (χ0n) is 17.0. The SMILES string of the molecule is COCC(C)n1c(=O)c2c(-c3noc(-c4ccc(C)o4)n3)ncn2c2cccc(Cl)c21. The fraction of sp³-hybridized carbons (Fsp3) is 0.238. The molecule has 0 aliphatic rings. The van der Waals surface area contributed by atoms with Gasteiger partial charge in [0.05, 0.1) is 28.7 Å². The molecule has 0 aliphatic heterocycles. The van der Waals surface area contributed by atoms with Crippen molar-refractivity contribution in [1.82, 2.24) is 24.1 Å². The molecule has 0 radical (unpaired) electrons. The first-order chi connectivity index (χ1) is 15.0. The molecule has 158 valence electrons. The van der Waals surface area contributed by atoms with Gasteiger partial charge in [-0.25, -0.2) is 4.98 Å². The molecule has 0 bridgehead atoms. The normalized spacial score (nSPS) is 12.8. The molecule has 0 N–H and O–H groups in total. The lowest BCUT2D eigenvalue weighted by Crippen LogP contribution is -2.28. The Balaban J connectivity index is 1.78. The van der Waals surface area contributed by atoms with E-state index in [1.807, 2.05) is 26.0 Å². The van der Waals surface area contributed by atoms with Gasteiger partial charge in [-0.1, -0.05) is 22.8 Å². The predicted molar refractivity (Wildman–Crippen MR) is 114 cm³/mol. The number of aryl methyl sites for hydroxylation is 1. The maximum Gasteiger partial charge on any atom is 0.293 e. The molecule has 0 fully saturated rings. The van der Waals surface area contributed by atoms with Crippen molar-refractivity contribution >= 4 is 28.2 Å². The van der Waals surface area contributed by atoms with Crippen LogP contribution in [0.4, 0.5) is 0 Å². The van der Waals surface area contributed by atoms with E-state index in [9.17, 15) is 4.79 Å². The minimum absolute atomic E-state index is 0.191. The zero-order chi connectivity index (χ0) is 21.7. The third kappa shape index (κ3) is 3.05. The quantitative estimate of drug-likeness (QED) is 0.405. The van der Waals surface area contributed by atoms with Crippen LogP contribution in [0.15, 0.2) is 50.4 Å². The van der Waals surface area contributed by atoms with E-state index in [0.29, 0.717) is 34.1 Å². The van der Waals surface area contributed by atoms with Gasteiger partial charge in [-0.2, -0.15) is 4.98 Å². The highest BCUT2D eigenvalue weighted by Gasteiger charge is 2.24. The third-order valence-corrected chi connectivity index (χ3v) is 5.40. The number of hydrogen-bond acceptors (Lipinski definition) is 7. The first-order valence-electron chi connectivity index (χ1n) is 9.59. The van der Waals surface area contributed by atoms with Crippen LogP contribution < -0.4 is 5.56 Å². The van der Waals surface area contributed by atoms with Crippen LogP contribution in [-0.2, 0) is 4.74 Å². The molecule has 1 unspecified atom stereocenters. The van der Waals surface area contributed by atoms with E-state index in [4.69, 9.17) is 25.3 Å². The number of halogens is 1. The maximum atomic E-state index is 13.6. The van der Waals surface area contributed by atoms with E-state index < -0.39 is 0 Å². The zero-order valence-corrected chi connectivity index (χ0v) is 17.8. The molecule has 0 saturated carbocycles. The van der Waals surface area contributed by atoms with Crippen molar-refractivity contribution in [3.05, 3.63) is 57.8 Å². The van der Waals surface area contributed by atoms with Crippen LogP contribution in [0.5, 0.6) is 0 Å². The smallest absolute Gasteiger partial charge is 0.293 e. The van der Waals surface area contributed by atoms with E-state index in [-0.39, 0.29) is 23.3 Å². The van der Waals surface area contributed by atoms with E-state index >= 15 is 0 Å². The molecule has 5 aromatic rings. The lowest BCUT2D eigenvalue weighted by atomic mass is 10.2. The van der Waals surface area contributed by atoms with Gasteiger partial charge in [0.15, 0.2) is 5.76 Å². The van der Waals surface area contributed by atoms with Gasteiger partial charge in [0.1, 0.15) is 23.3 Å².